The number of aryl methyl sites for hydroxylation is 1. The normalized spacial score (nSPS) is 11.6. The average molecular weight is 281 g/mol. The number of nitrogen functional groups attached to an aromatic ring is 1. The zero-order valence-corrected chi connectivity index (χ0v) is 11.6. The highest BCUT2D eigenvalue weighted by Gasteiger charge is 2.12. The number of ether oxygens (including phenoxy) is 1. The van der Waals surface area contributed by atoms with E-state index in [9.17, 15) is 4.79 Å². The quantitative estimate of drug-likeness (QED) is 0.605. The highest BCUT2D eigenvalue weighted by molar-refractivity contribution is 5.94. The predicted molar refractivity (Wildman–Crippen MR) is 81.7 cm³/mol. The molecule has 0 saturated heterocycles. The third-order valence-electron chi connectivity index (χ3n) is 3.32. The molecule has 0 aliphatic rings. The molecule has 1 radical (unpaired) electrons. The van der Waals surface area contributed by atoms with Crippen molar-refractivity contribution in [2.24, 2.45) is 5.73 Å². The molecule has 0 fully saturated rings. The summed E-state index contributed by atoms with van der Waals surface area (Å²) in [5.41, 5.74) is 8.19. The number of carbonyl (C=O) groups excluding carboxylic acids is 1. The molecule has 4 heteroatoms. The molecule has 0 saturated carbocycles. The van der Waals surface area contributed by atoms with E-state index in [1.807, 2.05) is 54.6 Å². The van der Waals surface area contributed by atoms with Crippen LogP contribution in [-0.4, -0.2) is 12.3 Å². The Labute approximate surface area is 124 Å². The Hall–Kier alpha value is -2.62. The van der Waals surface area contributed by atoms with E-state index in [2.05, 4.69) is 0 Å². The van der Waals surface area contributed by atoms with Crippen molar-refractivity contribution in [2.75, 3.05) is 0 Å². The zero-order valence-electron chi connectivity index (χ0n) is 11.6. The van der Waals surface area contributed by atoms with Gasteiger partial charge in [-0.1, -0.05) is 54.6 Å². The third-order valence-corrected chi connectivity index (χ3v) is 3.32. The average Bonchev–Trinajstić information content (AvgIpc) is 2.52. The SMILES string of the molecule is N=C(N)c1ccc(CCC(O[C]=O)c2ccccc2)cc1. The Kier molecular flexibility index (Phi) is 5.10. The Balaban J connectivity index is 2.01. The first-order chi connectivity index (χ1) is 10.2. The molecule has 2 rings (SSSR count). The lowest BCUT2D eigenvalue weighted by Crippen LogP contribution is -2.10. The lowest BCUT2D eigenvalue weighted by molar-refractivity contribution is 0.170. The molecule has 0 bridgehead atoms. The molecular weight excluding hydrogens is 264 g/mol. The van der Waals surface area contributed by atoms with Gasteiger partial charge in [-0.15, -0.1) is 0 Å². The monoisotopic (exact) mass is 281 g/mol. The smallest absolute Gasteiger partial charge is 0.418 e. The summed E-state index contributed by atoms with van der Waals surface area (Å²) in [6.45, 7) is 1.53. The molecule has 107 valence electrons. The van der Waals surface area contributed by atoms with Gasteiger partial charge in [0.05, 0.1) is 0 Å². The molecule has 1 unspecified atom stereocenters. The van der Waals surface area contributed by atoms with Gasteiger partial charge in [0, 0.05) is 5.56 Å². The summed E-state index contributed by atoms with van der Waals surface area (Å²) < 4.78 is 5.05. The van der Waals surface area contributed by atoms with Crippen LogP contribution in [-0.2, 0) is 16.0 Å². The first-order valence-corrected chi connectivity index (χ1v) is 6.72. The Morgan fingerprint density at radius 2 is 1.81 bits per heavy atom. The van der Waals surface area contributed by atoms with Gasteiger partial charge in [-0.25, -0.2) is 4.79 Å². The summed E-state index contributed by atoms with van der Waals surface area (Å²) in [6.07, 6.45) is 1.15. The van der Waals surface area contributed by atoms with Crippen LogP contribution in [0.2, 0.25) is 0 Å². The summed E-state index contributed by atoms with van der Waals surface area (Å²) in [5.74, 6) is 0.0580. The largest absolute Gasteiger partial charge is 0.449 e. The van der Waals surface area contributed by atoms with Gasteiger partial charge in [0.25, 0.3) is 0 Å². The lowest BCUT2D eigenvalue weighted by atomic mass is 10.0. The van der Waals surface area contributed by atoms with Crippen LogP contribution in [0.3, 0.4) is 0 Å². The molecule has 2 aromatic rings. The van der Waals surface area contributed by atoms with Gasteiger partial charge in [-0.3, -0.25) is 5.41 Å². The number of hydrogen-bond acceptors (Lipinski definition) is 3. The van der Waals surface area contributed by atoms with E-state index in [0.29, 0.717) is 12.0 Å². The molecule has 0 heterocycles. The van der Waals surface area contributed by atoms with Crippen molar-refractivity contribution in [3.8, 4) is 0 Å². The van der Waals surface area contributed by atoms with E-state index in [1.165, 1.54) is 6.47 Å². The second-order valence-corrected chi connectivity index (χ2v) is 4.75. The third kappa shape index (κ3) is 4.18. The minimum absolute atomic E-state index is 0.0580. The maximum absolute atomic E-state index is 10.5. The number of amidine groups is 1. The number of nitrogens with one attached hydrogen (secondary N) is 1. The second kappa shape index (κ2) is 7.24. The molecule has 0 amide bonds. The topological polar surface area (TPSA) is 76.2 Å². The van der Waals surface area contributed by atoms with E-state index in [0.717, 1.165) is 17.5 Å². The van der Waals surface area contributed by atoms with Crippen LogP contribution in [0, 0.1) is 5.41 Å². The van der Waals surface area contributed by atoms with Crippen molar-refractivity contribution < 1.29 is 9.53 Å². The van der Waals surface area contributed by atoms with Crippen LogP contribution in [0.5, 0.6) is 0 Å². The standard InChI is InChI=1S/C17H17N2O2/c18-17(19)15-9-6-13(7-10-15)8-11-16(21-12-20)14-4-2-1-3-5-14/h1-7,9-10,16H,8,11H2,(H3,18,19). The van der Waals surface area contributed by atoms with Gasteiger partial charge in [0.2, 0.25) is 0 Å². The number of hydrogen-bond donors (Lipinski definition) is 2. The second-order valence-electron chi connectivity index (χ2n) is 4.75. The number of benzene rings is 2. The summed E-state index contributed by atoms with van der Waals surface area (Å²) >= 11 is 0. The lowest BCUT2D eigenvalue weighted by Gasteiger charge is -2.15. The van der Waals surface area contributed by atoms with E-state index in [-0.39, 0.29) is 11.9 Å². The summed E-state index contributed by atoms with van der Waals surface area (Å²) in [4.78, 5) is 10.5. The fraction of sp³-hybridized carbons (Fsp3) is 0.176. The maximum atomic E-state index is 10.5. The first-order valence-electron chi connectivity index (χ1n) is 6.72. The van der Waals surface area contributed by atoms with Gasteiger partial charge in [0.15, 0.2) is 0 Å². The highest BCUT2D eigenvalue weighted by Crippen LogP contribution is 2.22. The zero-order chi connectivity index (χ0) is 15.1. The summed E-state index contributed by atoms with van der Waals surface area (Å²) in [7, 11) is 0. The van der Waals surface area contributed by atoms with Crippen LogP contribution < -0.4 is 5.73 Å². The highest BCUT2D eigenvalue weighted by atomic mass is 16.5. The minimum atomic E-state index is -0.295. The van der Waals surface area contributed by atoms with Gasteiger partial charge >= 0.3 is 6.47 Å². The van der Waals surface area contributed by atoms with Crippen molar-refractivity contribution in [3.05, 3.63) is 71.3 Å². The van der Waals surface area contributed by atoms with Crippen LogP contribution >= 0.6 is 0 Å². The van der Waals surface area contributed by atoms with Crippen molar-refractivity contribution in [1.82, 2.24) is 0 Å². The van der Waals surface area contributed by atoms with E-state index >= 15 is 0 Å². The molecule has 2 aromatic carbocycles. The van der Waals surface area contributed by atoms with Crippen molar-refractivity contribution in [3.63, 3.8) is 0 Å². The Bertz CT molecular complexity index is 594. The molecule has 1 atom stereocenters. The Morgan fingerprint density at radius 3 is 2.38 bits per heavy atom. The number of rotatable bonds is 7. The molecule has 0 aliphatic heterocycles. The first kappa shape index (κ1) is 14.8. The van der Waals surface area contributed by atoms with Crippen LogP contribution in [0.15, 0.2) is 54.6 Å². The van der Waals surface area contributed by atoms with E-state index in [1.54, 1.807) is 0 Å². The van der Waals surface area contributed by atoms with Gasteiger partial charge in [-0.05, 0) is 24.0 Å². The summed E-state index contributed by atoms with van der Waals surface area (Å²) in [5, 5.41) is 7.36. The Morgan fingerprint density at radius 1 is 1.14 bits per heavy atom. The number of nitrogens with two attached hydrogens (primary N) is 1. The predicted octanol–water partition coefficient (Wildman–Crippen LogP) is 2.73. The van der Waals surface area contributed by atoms with Crippen molar-refractivity contribution in [1.29, 1.82) is 5.41 Å². The van der Waals surface area contributed by atoms with Gasteiger partial charge in [-0.2, -0.15) is 0 Å². The van der Waals surface area contributed by atoms with Crippen LogP contribution in [0.4, 0.5) is 0 Å². The molecule has 4 nitrogen and oxygen atoms in total. The molecule has 21 heavy (non-hydrogen) atoms. The molecule has 3 N–H and O–H groups in total. The molecular formula is C17H17N2O2. The van der Waals surface area contributed by atoms with Crippen molar-refractivity contribution in [2.45, 2.75) is 18.9 Å². The van der Waals surface area contributed by atoms with Crippen LogP contribution in [0.1, 0.15) is 29.2 Å². The van der Waals surface area contributed by atoms with E-state index in [4.69, 9.17) is 15.9 Å². The minimum Gasteiger partial charge on any atom is -0.449 e. The molecule has 0 aliphatic carbocycles. The van der Waals surface area contributed by atoms with Gasteiger partial charge < -0.3 is 10.5 Å². The fourth-order valence-electron chi connectivity index (χ4n) is 2.17. The molecule has 0 spiro atoms. The van der Waals surface area contributed by atoms with Crippen LogP contribution in [0.25, 0.3) is 0 Å². The fourth-order valence-corrected chi connectivity index (χ4v) is 2.17. The molecule has 0 aromatic heterocycles. The maximum Gasteiger partial charge on any atom is 0.418 e. The summed E-state index contributed by atoms with van der Waals surface area (Å²) in [6, 6.07) is 17.1. The van der Waals surface area contributed by atoms with Gasteiger partial charge in [0.1, 0.15) is 11.9 Å². The van der Waals surface area contributed by atoms with E-state index < -0.39 is 0 Å². The van der Waals surface area contributed by atoms with Crippen molar-refractivity contribution >= 4 is 12.3 Å².